The van der Waals surface area contributed by atoms with Gasteiger partial charge in [0.2, 0.25) is 5.91 Å². The van der Waals surface area contributed by atoms with Gasteiger partial charge in [0.25, 0.3) is 0 Å². The molecule has 30 heavy (non-hydrogen) atoms. The van der Waals surface area contributed by atoms with E-state index in [-0.39, 0.29) is 11.8 Å². The number of carbonyl (C=O) groups is 1. The van der Waals surface area contributed by atoms with Crippen LogP contribution in [0.25, 0.3) is 22.2 Å². The molecular formula is C25H25N3O2. The minimum absolute atomic E-state index is 0.0685. The van der Waals surface area contributed by atoms with Crippen molar-refractivity contribution in [1.29, 1.82) is 0 Å². The molecule has 152 valence electrons. The quantitative estimate of drug-likeness (QED) is 0.480. The molecule has 0 aliphatic carbocycles. The second-order valence-electron chi connectivity index (χ2n) is 8.02. The molecule has 2 aromatic carbocycles. The van der Waals surface area contributed by atoms with Crippen molar-refractivity contribution in [2.45, 2.75) is 19.4 Å². The summed E-state index contributed by atoms with van der Waals surface area (Å²) in [6.07, 6.45) is 5.27. The van der Waals surface area contributed by atoms with Gasteiger partial charge in [0.15, 0.2) is 0 Å². The van der Waals surface area contributed by atoms with Gasteiger partial charge in [-0.15, -0.1) is 0 Å². The van der Waals surface area contributed by atoms with Crippen molar-refractivity contribution in [1.82, 2.24) is 9.88 Å². The number of rotatable bonds is 5. The van der Waals surface area contributed by atoms with Gasteiger partial charge in [-0.25, -0.2) is 0 Å². The maximum atomic E-state index is 12.7. The third kappa shape index (κ3) is 4.02. The number of aromatic nitrogens is 1. The molecule has 5 heteroatoms. The number of likely N-dealkylation sites (tertiary alicyclic amines) is 1. The van der Waals surface area contributed by atoms with Crippen molar-refractivity contribution in [3.05, 3.63) is 78.8 Å². The average molecular weight is 399 g/mol. The number of amides is 1. The monoisotopic (exact) mass is 399 g/mol. The third-order valence-electron chi connectivity index (χ3n) is 5.94. The summed E-state index contributed by atoms with van der Waals surface area (Å²) < 4.78 is 5.14. The molecule has 0 saturated carbocycles. The predicted octanol–water partition coefficient (Wildman–Crippen LogP) is 5.28. The van der Waals surface area contributed by atoms with Crippen LogP contribution < -0.4 is 5.32 Å². The lowest BCUT2D eigenvalue weighted by Gasteiger charge is -2.30. The SMILES string of the molecule is O=C(Nc1ccc(-c2cc3ccccc3[nH]2)cc1)C1CCN(Cc2ccoc2)CC1. The Kier molecular flexibility index (Phi) is 5.11. The molecular weight excluding hydrogens is 374 g/mol. The number of aromatic amines is 1. The van der Waals surface area contributed by atoms with Crippen molar-refractivity contribution in [2.75, 3.05) is 18.4 Å². The molecule has 2 N–H and O–H groups in total. The van der Waals surface area contributed by atoms with Gasteiger partial charge in [0, 0.05) is 40.3 Å². The van der Waals surface area contributed by atoms with Gasteiger partial charge in [-0.05, 0) is 61.8 Å². The van der Waals surface area contributed by atoms with Crippen LogP contribution in [-0.4, -0.2) is 28.9 Å². The number of nitrogens with one attached hydrogen (secondary N) is 2. The van der Waals surface area contributed by atoms with Crippen molar-refractivity contribution >= 4 is 22.5 Å². The van der Waals surface area contributed by atoms with Crippen LogP contribution >= 0.6 is 0 Å². The van der Waals surface area contributed by atoms with Gasteiger partial charge in [-0.1, -0.05) is 30.3 Å². The maximum Gasteiger partial charge on any atom is 0.227 e. The Morgan fingerprint density at radius 2 is 1.87 bits per heavy atom. The van der Waals surface area contributed by atoms with Gasteiger partial charge in [-0.3, -0.25) is 9.69 Å². The highest BCUT2D eigenvalue weighted by atomic mass is 16.3. The highest BCUT2D eigenvalue weighted by Gasteiger charge is 2.25. The van der Waals surface area contributed by atoms with Gasteiger partial charge < -0.3 is 14.7 Å². The Morgan fingerprint density at radius 1 is 1.07 bits per heavy atom. The number of fused-ring (bicyclic) bond motifs is 1. The molecule has 1 amide bonds. The first kappa shape index (κ1) is 18.7. The second-order valence-corrected chi connectivity index (χ2v) is 8.02. The van der Waals surface area contributed by atoms with Crippen molar-refractivity contribution in [2.24, 2.45) is 5.92 Å². The summed E-state index contributed by atoms with van der Waals surface area (Å²) in [6, 6.07) is 20.5. The predicted molar refractivity (Wildman–Crippen MR) is 119 cm³/mol. The molecule has 0 radical (unpaired) electrons. The summed E-state index contributed by atoms with van der Waals surface area (Å²) in [6.45, 7) is 2.76. The average Bonchev–Trinajstić information content (AvgIpc) is 3.44. The topological polar surface area (TPSA) is 61.3 Å². The Bertz CT molecular complexity index is 1090. The number of furan rings is 1. The van der Waals surface area contributed by atoms with E-state index in [1.807, 2.05) is 42.5 Å². The molecule has 5 nitrogen and oxygen atoms in total. The van der Waals surface area contributed by atoms with Gasteiger partial charge in [0.1, 0.15) is 0 Å². The van der Waals surface area contributed by atoms with Crippen LogP contribution in [0.2, 0.25) is 0 Å². The normalized spacial score (nSPS) is 15.5. The van der Waals surface area contributed by atoms with E-state index >= 15 is 0 Å². The van der Waals surface area contributed by atoms with E-state index in [1.165, 1.54) is 10.9 Å². The first-order valence-corrected chi connectivity index (χ1v) is 10.5. The summed E-state index contributed by atoms with van der Waals surface area (Å²) in [5.41, 5.74) is 5.36. The summed E-state index contributed by atoms with van der Waals surface area (Å²) >= 11 is 0. The van der Waals surface area contributed by atoms with E-state index in [1.54, 1.807) is 12.5 Å². The summed E-state index contributed by atoms with van der Waals surface area (Å²) in [5, 5.41) is 4.29. The molecule has 3 heterocycles. The first-order chi connectivity index (χ1) is 14.7. The number of hydrogen-bond donors (Lipinski definition) is 2. The Morgan fingerprint density at radius 3 is 2.60 bits per heavy atom. The standard InChI is InChI=1S/C25H25N3O2/c29-25(20-9-12-28(13-10-20)16-18-11-14-30-17-18)26-22-7-5-19(6-8-22)24-15-21-3-1-2-4-23(21)27-24/h1-8,11,14-15,17,20,27H,9-10,12-13,16H2,(H,26,29). The maximum absolute atomic E-state index is 12.7. The van der Waals surface area contributed by atoms with Crippen molar-refractivity contribution < 1.29 is 9.21 Å². The van der Waals surface area contributed by atoms with E-state index in [0.717, 1.165) is 54.9 Å². The van der Waals surface area contributed by atoms with Gasteiger partial charge in [-0.2, -0.15) is 0 Å². The molecule has 5 rings (SSSR count). The minimum atomic E-state index is 0.0685. The number of H-pyrrole nitrogens is 1. The van der Waals surface area contributed by atoms with E-state index in [4.69, 9.17) is 4.42 Å². The number of anilines is 1. The number of carbonyl (C=O) groups excluding carboxylic acids is 1. The third-order valence-corrected chi connectivity index (χ3v) is 5.94. The number of hydrogen-bond acceptors (Lipinski definition) is 3. The van der Waals surface area contributed by atoms with Crippen molar-refractivity contribution in [3.63, 3.8) is 0 Å². The van der Waals surface area contributed by atoms with Crippen LogP contribution in [0.4, 0.5) is 5.69 Å². The van der Waals surface area contributed by atoms with Crippen LogP contribution in [-0.2, 0) is 11.3 Å². The van der Waals surface area contributed by atoms with Crippen LogP contribution in [0.1, 0.15) is 18.4 Å². The van der Waals surface area contributed by atoms with Crippen LogP contribution in [0.15, 0.2) is 77.6 Å². The Labute approximate surface area is 175 Å². The molecule has 2 aromatic heterocycles. The number of para-hydroxylation sites is 1. The smallest absolute Gasteiger partial charge is 0.227 e. The van der Waals surface area contributed by atoms with Crippen LogP contribution in [0, 0.1) is 5.92 Å². The van der Waals surface area contributed by atoms with Crippen LogP contribution in [0.5, 0.6) is 0 Å². The zero-order valence-corrected chi connectivity index (χ0v) is 16.8. The lowest BCUT2D eigenvalue weighted by molar-refractivity contribution is -0.121. The summed E-state index contributed by atoms with van der Waals surface area (Å²) in [5.74, 6) is 0.190. The van der Waals surface area contributed by atoms with E-state index in [2.05, 4.69) is 33.4 Å². The number of benzene rings is 2. The zero-order valence-electron chi connectivity index (χ0n) is 16.8. The fourth-order valence-electron chi connectivity index (χ4n) is 4.20. The molecule has 1 aliphatic rings. The van der Waals surface area contributed by atoms with E-state index in [0.29, 0.717) is 0 Å². The number of nitrogens with zero attached hydrogens (tertiary/aromatic N) is 1. The largest absolute Gasteiger partial charge is 0.472 e. The molecule has 1 saturated heterocycles. The highest BCUT2D eigenvalue weighted by Crippen LogP contribution is 2.26. The van der Waals surface area contributed by atoms with Gasteiger partial charge in [0.05, 0.1) is 12.5 Å². The Balaban J connectivity index is 1.17. The van der Waals surface area contributed by atoms with Crippen LogP contribution in [0.3, 0.4) is 0 Å². The molecule has 1 fully saturated rings. The highest BCUT2D eigenvalue weighted by molar-refractivity contribution is 5.93. The molecule has 1 aliphatic heterocycles. The summed E-state index contributed by atoms with van der Waals surface area (Å²) in [4.78, 5) is 18.5. The number of piperidine rings is 1. The molecule has 0 unspecified atom stereocenters. The molecule has 0 bridgehead atoms. The fraction of sp³-hybridized carbons (Fsp3) is 0.240. The lowest BCUT2D eigenvalue weighted by Crippen LogP contribution is -2.37. The van der Waals surface area contributed by atoms with E-state index in [9.17, 15) is 4.79 Å². The fourth-order valence-corrected chi connectivity index (χ4v) is 4.20. The van der Waals surface area contributed by atoms with Gasteiger partial charge >= 0.3 is 0 Å². The first-order valence-electron chi connectivity index (χ1n) is 10.5. The molecule has 0 spiro atoms. The molecule has 0 atom stereocenters. The summed E-state index contributed by atoms with van der Waals surface area (Å²) in [7, 11) is 0. The Hall–Kier alpha value is -3.31. The second kappa shape index (κ2) is 8.20. The lowest BCUT2D eigenvalue weighted by atomic mass is 9.95. The zero-order chi connectivity index (χ0) is 20.3. The van der Waals surface area contributed by atoms with Crippen molar-refractivity contribution in [3.8, 4) is 11.3 Å². The minimum Gasteiger partial charge on any atom is -0.472 e. The molecule has 4 aromatic rings. The van der Waals surface area contributed by atoms with E-state index < -0.39 is 0 Å².